The number of amides is 2. The summed E-state index contributed by atoms with van der Waals surface area (Å²) in [6.45, 7) is 2.38. The van der Waals surface area contributed by atoms with Crippen LogP contribution in [0.4, 0.5) is 14.9 Å². The summed E-state index contributed by atoms with van der Waals surface area (Å²) in [4.78, 5) is 13.6. The second kappa shape index (κ2) is 5.79. The van der Waals surface area contributed by atoms with E-state index in [0.29, 0.717) is 37.6 Å². The molecule has 1 aliphatic heterocycles. The molecule has 0 aromatic heterocycles. The number of urea groups is 1. The van der Waals surface area contributed by atoms with Crippen molar-refractivity contribution in [2.24, 2.45) is 5.73 Å². The van der Waals surface area contributed by atoms with Crippen molar-refractivity contribution in [2.45, 2.75) is 6.54 Å². The third-order valence-electron chi connectivity index (χ3n) is 2.83. The lowest BCUT2D eigenvalue weighted by molar-refractivity contribution is 0.0564. The highest BCUT2D eigenvalue weighted by Gasteiger charge is 2.17. The highest BCUT2D eigenvalue weighted by atomic mass is 19.1. The van der Waals surface area contributed by atoms with Gasteiger partial charge in [0, 0.05) is 25.3 Å². The van der Waals surface area contributed by atoms with Crippen molar-refractivity contribution < 1.29 is 13.9 Å². The van der Waals surface area contributed by atoms with Crippen LogP contribution in [-0.4, -0.2) is 37.2 Å². The van der Waals surface area contributed by atoms with Gasteiger partial charge in [-0.05, 0) is 23.8 Å². The van der Waals surface area contributed by atoms with E-state index in [1.54, 1.807) is 4.90 Å². The number of hydrogen-bond acceptors (Lipinski definition) is 3. The third-order valence-corrected chi connectivity index (χ3v) is 2.83. The van der Waals surface area contributed by atoms with Gasteiger partial charge in [0.2, 0.25) is 0 Å². The summed E-state index contributed by atoms with van der Waals surface area (Å²) in [5.41, 5.74) is 6.65. The Labute approximate surface area is 105 Å². The molecule has 0 saturated carbocycles. The first-order valence-corrected chi connectivity index (χ1v) is 5.83. The van der Waals surface area contributed by atoms with Gasteiger partial charge in [-0.15, -0.1) is 0 Å². The lowest BCUT2D eigenvalue weighted by Gasteiger charge is -2.27. The molecule has 2 amide bonds. The van der Waals surface area contributed by atoms with Crippen LogP contribution in [0.5, 0.6) is 0 Å². The van der Waals surface area contributed by atoms with Crippen molar-refractivity contribution in [2.75, 3.05) is 31.6 Å². The molecule has 0 bridgehead atoms. The van der Waals surface area contributed by atoms with E-state index >= 15 is 0 Å². The first-order chi connectivity index (χ1) is 8.70. The summed E-state index contributed by atoms with van der Waals surface area (Å²) in [6.07, 6.45) is 0. The van der Waals surface area contributed by atoms with Gasteiger partial charge in [0.15, 0.2) is 0 Å². The highest BCUT2D eigenvalue weighted by molar-refractivity contribution is 5.90. The minimum atomic E-state index is -0.361. The SMILES string of the molecule is NCc1cc(F)ccc1NC(=O)N1CCOCC1. The summed E-state index contributed by atoms with van der Waals surface area (Å²) in [5, 5.41) is 2.74. The van der Waals surface area contributed by atoms with Crippen molar-refractivity contribution in [1.29, 1.82) is 0 Å². The summed E-state index contributed by atoms with van der Waals surface area (Å²) in [6, 6.07) is 3.94. The average molecular weight is 253 g/mol. The maximum atomic E-state index is 13.0. The Morgan fingerprint density at radius 2 is 2.17 bits per heavy atom. The van der Waals surface area contributed by atoms with Gasteiger partial charge in [-0.1, -0.05) is 0 Å². The summed E-state index contributed by atoms with van der Waals surface area (Å²) >= 11 is 0. The molecule has 1 aliphatic rings. The predicted molar refractivity (Wildman–Crippen MR) is 65.7 cm³/mol. The van der Waals surface area contributed by atoms with Gasteiger partial charge in [0.1, 0.15) is 5.82 Å². The molecule has 98 valence electrons. The second-order valence-electron chi connectivity index (χ2n) is 4.04. The molecule has 0 aliphatic carbocycles. The number of anilines is 1. The van der Waals surface area contributed by atoms with E-state index in [0.717, 1.165) is 0 Å². The number of benzene rings is 1. The molecule has 1 fully saturated rings. The normalized spacial score (nSPS) is 15.6. The fourth-order valence-corrected chi connectivity index (χ4v) is 1.81. The van der Waals surface area contributed by atoms with E-state index in [1.165, 1.54) is 18.2 Å². The predicted octanol–water partition coefficient (Wildman–Crippen LogP) is 1.15. The maximum absolute atomic E-state index is 13.0. The Morgan fingerprint density at radius 1 is 1.44 bits per heavy atom. The molecule has 18 heavy (non-hydrogen) atoms. The van der Waals surface area contributed by atoms with Crippen molar-refractivity contribution >= 4 is 11.7 Å². The standard InChI is InChI=1S/C12H16FN3O2/c13-10-1-2-11(9(7-10)8-14)15-12(17)16-3-5-18-6-4-16/h1-2,7H,3-6,8,14H2,(H,15,17). The summed E-state index contributed by atoms with van der Waals surface area (Å²) < 4.78 is 18.2. The maximum Gasteiger partial charge on any atom is 0.322 e. The zero-order valence-corrected chi connectivity index (χ0v) is 9.99. The van der Waals surface area contributed by atoms with Gasteiger partial charge in [-0.3, -0.25) is 0 Å². The minimum absolute atomic E-state index is 0.177. The minimum Gasteiger partial charge on any atom is -0.378 e. The van der Waals surface area contributed by atoms with E-state index in [4.69, 9.17) is 10.5 Å². The molecule has 1 heterocycles. The fraction of sp³-hybridized carbons (Fsp3) is 0.417. The molecule has 2 rings (SSSR count). The monoisotopic (exact) mass is 253 g/mol. The number of carbonyl (C=O) groups excluding carboxylic acids is 1. The van der Waals surface area contributed by atoms with Gasteiger partial charge >= 0.3 is 6.03 Å². The molecule has 0 radical (unpaired) electrons. The molecule has 1 aromatic rings. The Kier molecular flexibility index (Phi) is 4.11. The Morgan fingerprint density at radius 3 is 2.83 bits per heavy atom. The Bertz CT molecular complexity index is 433. The molecular formula is C12H16FN3O2. The van der Waals surface area contributed by atoms with Crippen molar-refractivity contribution in [1.82, 2.24) is 4.90 Å². The zero-order chi connectivity index (χ0) is 13.0. The van der Waals surface area contributed by atoms with Gasteiger partial charge in [-0.2, -0.15) is 0 Å². The largest absolute Gasteiger partial charge is 0.378 e. The van der Waals surface area contributed by atoms with E-state index in [2.05, 4.69) is 5.32 Å². The van der Waals surface area contributed by atoms with E-state index in [-0.39, 0.29) is 18.4 Å². The third kappa shape index (κ3) is 2.96. The molecule has 0 atom stereocenters. The first-order valence-electron chi connectivity index (χ1n) is 5.83. The number of carbonyl (C=O) groups is 1. The molecule has 5 nitrogen and oxygen atoms in total. The molecule has 3 N–H and O–H groups in total. The first kappa shape index (κ1) is 12.8. The second-order valence-corrected chi connectivity index (χ2v) is 4.04. The average Bonchev–Trinajstić information content (AvgIpc) is 2.41. The number of morpholine rings is 1. The van der Waals surface area contributed by atoms with E-state index in [9.17, 15) is 9.18 Å². The molecule has 1 saturated heterocycles. The smallest absolute Gasteiger partial charge is 0.322 e. The Balaban J connectivity index is 2.06. The molecule has 1 aromatic carbocycles. The van der Waals surface area contributed by atoms with Crippen molar-refractivity contribution in [3.63, 3.8) is 0 Å². The van der Waals surface area contributed by atoms with Crippen LogP contribution >= 0.6 is 0 Å². The van der Waals surface area contributed by atoms with Crippen LogP contribution in [0.1, 0.15) is 5.56 Å². The fourth-order valence-electron chi connectivity index (χ4n) is 1.81. The molecule has 6 heteroatoms. The van der Waals surface area contributed by atoms with Crippen LogP contribution in [0.2, 0.25) is 0 Å². The number of nitrogens with one attached hydrogen (secondary N) is 1. The van der Waals surface area contributed by atoms with Crippen LogP contribution in [0.15, 0.2) is 18.2 Å². The van der Waals surface area contributed by atoms with Crippen LogP contribution < -0.4 is 11.1 Å². The lowest BCUT2D eigenvalue weighted by Crippen LogP contribution is -2.43. The number of ether oxygens (including phenoxy) is 1. The summed E-state index contributed by atoms with van der Waals surface area (Å²) in [7, 11) is 0. The number of rotatable bonds is 2. The van der Waals surface area contributed by atoms with Gasteiger partial charge in [0.25, 0.3) is 0 Å². The van der Waals surface area contributed by atoms with Crippen LogP contribution in [-0.2, 0) is 11.3 Å². The molecule has 0 spiro atoms. The summed E-state index contributed by atoms with van der Waals surface area (Å²) in [5.74, 6) is -0.361. The Hall–Kier alpha value is -1.66. The molecular weight excluding hydrogens is 237 g/mol. The quantitative estimate of drug-likeness (QED) is 0.830. The van der Waals surface area contributed by atoms with Gasteiger partial charge in [0.05, 0.1) is 13.2 Å². The van der Waals surface area contributed by atoms with Crippen molar-refractivity contribution in [3.05, 3.63) is 29.6 Å². The van der Waals surface area contributed by atoms with E-state index < -0.39 is 0 Å². The van der Waals surface area contributed by atoms with Crippen LogP contribution in [0.3, 0.4) is 0 Å². The number of nitrogens with two attached hydrogens (primary N) is 1. The van der Waals surface area contributed by atoms with Crippen LogP contribution in [0, 0.1) is 5.82 Å². The van der Waals surface area contributed by atoms with Crippen LogP contribution in [0.25, 0.3) is 0 Å². The topological polar surface area (TPSA) is 67.6 Å². The number of hydrogen-bond donors (Lipinski definition) is 2. The van der Waals surface area contributed by atoms with Crippen molar-refractivity contribution in [3.8, 4) is 0 Å². The number of nitrogens with zero attached hydrogens (tertiary/aromatic N) is 1. The molecule has 0 unspecified atom stereocenters. The van der Waals surface area contributed by atoms with Gasteiger partial charge < -0.3 is 20.7 Å². The van der Waals surface area contributed by atoms with E-state index in [1.807, 2.05) is 0 Å². The number of halogens is 1. The lowest BCUT2D eigenvalue weighted by atomic mass is 10.1. The van der Waals surface area contributed by atoms with Gasteiger partial charge in [-0.25, -0.2) is 9.18 Å². The highest BCUT2D eigenvalue weighted by Crippen LogP contribution is 2.17. The zero-order valence-electron chi connectivity index (χ0n) is 9.99.